The molecule has 1 atom stereocenters. The molecule has 3 nitrogen and oxygen atoms in total. The minimum absolute atomic E-state index is 0.182. The highest BCUT2D eigenvalue weighted by Gasteiger charge is 2.17. The van der Waals surface area contributed by atoms with Gasteiger partial charge in [-0.2, -0.15) is 5.10 Å². The first-order valence-electron chi connectivity index (χ1n) is 6.69. The number of benzene rings is 1. The molecule has 0 spiro atoms. The Morgan fingerprint density at radius 1 is 1.11 bits per heavy atom. The van der Waals surface area contributed by atoms with E-state index < -0.39 is 0 Å². The van der Waals surface area contributed by atoms with Gasteiger partial charge in [0.25, 0.3) is 0 Å². The van der Waals surface area contributed by atoms with Crippen LogP contribution in [0.4, 0.5) is 0 Å². The highest BCUT2D eigenvalue weighted by Crippen LogP contribution is 2.26. The van der Waals surface area contributed by atoms with Crippen molar-refractivity contribution in [2.45, 2.75) is 32.2 Å². The zero-order valence-electron chi connectivity index (χ0n) is 12.4. The van der Waals surface area contributed by atoms with E-state index in [-0.39, 0.29) is 11.5 Å². The first-order chi connectivity index (χ1) is 8.93. The number of rotatable bonds is 3. The molecule has 1 unspecified atom stereocenters. The van der Waals surface area contributed by atoms with E-state index in [4.69, 9.17) is 0 Å². The van der Waals surface area contributed by atoms with Gasteiger partial charge in [0.05, 0.1) is 11.7 Å². The SMILES string of the molecule is CNC(c1ccc(C(C)(C)C)cc1)c1ccnn1C. The molecule has 1 heterocycles. The van der Waals surface area contributed by atoms with Gasteiger partial charge in [-0.1, -0.05) is 45.0 Å². The van der Waals surface area contributed by atoms with Gasteiger partial charge >= 0.3 is 0 Å². The zero-order valence-corrected chi connectivity index (χ0v) is 12.4. The topological polar surface area (TPSA) is 29.9 Å². The lowest BCUT2D eigenvalue weighted by molar-refractivity contribution is 0.585. The highest BCUT2D eigenvalue weighted by atomic mass is 15.3. The second-order valence-electron chi connectivity index (χ2n) is 5.97. The van der Waals surface area contributed by atoms with E-state index in [9.17, 15) is 0 Å². The summed E-state index contributed by atoms with van der Waals surface area (Å²) in [4.78, 5) is 0. The van der Waals surface area contributed by atoms with Crippen LogP contribution in [0.1, 0.15) is 43.6 Å². The summed E-state index contributed by atoms with van der Waals surface area (Å²) in [6.07, 6.45) is 1.84. The Balaban J connectivity index is 2.33. The van der Waals surface area contributed by atoms with Crippen LogP contribution in [0.2, 0.25) is 0 Å². The predicted molar refractivity (Wildman–Crippen MR) is 79.3 cm³/mol. The average molecular weight is 257 g/mol. The monoisotopic (exact) mass is 257 g/mol. The third kappa shape index (κ3) is 2.87. The number of aryl methyl sites for hydroxylation is 1. The Morgan fingerprint density at radius 3 is 2.16 bits per heavy atom. The molecule has 0 saturated carbocycles. The molecule has 0 aliphatic heterocycles. The lowest BCUT2D eigenvalue weighted by Crippen LogP contribution is -2.21. The lowest BCUT2D eigenvalue weighted by atomic mass is 9.86. The standard InChI is InChI=1S/C16H23N3/c1-16(2,3)13-8-6-12(7-9-13)15(17-4)14-10-11-18-19(14)5/h6-11,15,17H,1-5H3. The fourth-order valence-corrected chi connectivity index (χ4v) is 2.33. The summed E-state index contributed by atoms with van der Waals surface area (Å²) in [7, 11) is 3.96. The molecule has 1 aromatic heterocycles. The summed E-state index contributed by atoms with van der Waals surface area (Å²) in [5.74, 6) is 0. The van der Waals surface area contributed by atoms with Crippen molar-refractivity contribution in [3.8, 4) is 0 Å². The van der Waals surface area contributed by atoms with E-state index >= 15 is 0 Å². The Morgan fingerprint density at radius 2 is 1.74 bits per heavy atom. The maximum Gasteiger partial charge on any atom is 0.0745 e. The van der Waals surface area contributed by atoms with Crippen molar-refractivity contribution in [2.75, 3.05) is 7.05 Å². The Kier molecular flexibility index (Phi) is 3.76. The van der Waals surface area contributed by atoms with Crippen molar-refractivity contribution in [3.63, 3.8) is 0 Å². The molecule has 102 valence electrons. The van der Waals surface area contributed by atoms with Gasteiger partial charge in [0.15, 0.2) is 0 Å². The molecule has 0 saturated heterocycles. The van der Waals surface area contributed by atoms with Gasteiger partial charge in [0.1, 0.15) is 0 Å². The molecule has 0 bridgehead atoms. The van der Waals surface area contributed by atoms with Gasteiger partial charge in [-0.3, -0.25) is 4.68 Å². The summed E-state index contributed by atoms with van der Waals surface area (Å²) in [5, 5.41) is 7.60. The Hall–Kier alpha value is -1.61. The van der Waals surface area contributed by atoms with E-state index in [0.717, 1.165) is 0 Å². The normalized spacial score (nSPS) is 13.5. The molecular weight excluding hydrogens is 234 g/mol. The van der Waals surface area contributed by atoms with Crippen molar-refractivity contribution in [3.05, 3.63) is 53.3 Å². The molecule has 0 radical (unpaired) electrons. The summed E-state index contributed by atoms with van der Waals surface area (Å²) >= 11 is 0. The quantitative estimate of drug-likeness (QED) is 0.916. The second kappa shape index (κ2) is 5.17. The van der Waals surface area contributed by atoms with E-state index in [1.165, 1.54) is 16.8 Å². The largest absolute Gasteiger partial charge is 0.308 e. The number of hydrogen-bond donors (Lipinski definition) is 1. The molecule has 0 amide bonds. The van der Waals surface area contributed by atoms with Crippen molar-refractivity contribution >= 4 is 0 Å². The van der Waals surface area contributed by atoms with Gasteiger partial charge in [-0.15, -0.1) is 0 Å². The van der Waals surface area contributed by atoms with Gasteiger partial charge in [-0.25, -0.2) is 0 Å². The van der Waals surface area contributed by atoms with E-state index in [0.29, 0.717) is 0 Å². The summed E-state index contributed by atoms with van der Waals surface area (Å²) < 4.78 is 1.92. The van der Waals surface area contributed by atoms with Crippen LogP contribution in [0.3, 0.4) is 0 Å². The first-order valence-corrected chi connectivity index (χ1v) is 6.69. The van der Waals surface area contributed by atoms with Gasteiger partial charge < -0.3 is 5.32 Å². The summed E-state index contributed by atoms with van der Waals surface area (Å²) in [6, 6.07) is 11.1. The first kappa shape index (κ1) is 13.8. The van der Waals surface area contributed by atoms with Crippen LogP contribution < -0.4 is 5.32 Å². The fourth-order valence-electron chi connectivity index (χ4n) is 2.33. The number of nitrogens with zero attached hydrogens (tertiary/aromatic N) is 2. The molecule has 2 rings (SSSR count). The van der Waals surface area contributed by atoms with Crippen molar-refractivity contribution < 1.29 is 0 Å². The summed E-state index contributed by atoms with van der Waals surface area (Å²) in [5.41, 5.74) is 3.99. The zero-order chi connectivity index (χ0) is 14.0. The Bertz CT molecular complexity index is 532. The lowest BCUT2D eigenvalue weighted by Gasteiger charge is -2.21. The minimum Gasteiger partial charge on any atom is -0.308 e. The van der Waals surface area contributed by atoms with Crippen LogP contribution >= 0.6 is 0 Å². The van der Waals surface area contributed by atoms with Crippen LogP contribution in [0, 0.1) is 0 Å². The number of hydrogen-bond acceptors (Lipinski definition) is 2. The molecule has 0 fully saturated rings. The number of aromatic nitrogens is 2. The fraction of sp³-hybridized carbons (Fsp3) is 0.438. The third-order valence-electron chi connectivity index (χ3n) is 3.55. The molecule has 19 heavy (non-hydrogen) atoms. The van der Waals surface area contributed by atoms with Crippen molar-refractivity contribution in [2.24, 2.45) is 7.05 Å². The maximum atomic E-state index is 4.24. The maximum absolute atomic E-state index is 4.24. The van der Waals surface area contributed by atoms with Gasteiger partial charge in [-0.05, 0) is 29.7 Å². The van der Waals surface area contributed by atoms with Crippen LogP contribution in [0.25, 0.3) is 0 Å². The predicted octanol–water partition coefficient (Wildman–Crippen LogP) is 3.03. The van der Waals surface area contributed by atoms with Crippen LogP contribution in [0.15, 0.2) is 36.5 Å². The molecular formula is C16H23N3. The molecule has 0 aliphatic carbocycles. The smallest absolute Gasteiger partial charge is 0.0745 e. The van der Waals surface area contributed by atoms with E-state index in [1.807, 2.05) is 25.0 Å². The Labute approximate surface area is 115 Å². The minimum atomic E-state index is 0.182. The molecule has 1 aromatic carbocycles. The summed E-state index contributed by atoms with van der Waals surface area (Å²) in [6.45, 7) is 6.70. The van der Waals surface area contributed by atoms with E-state index in [1.54, 1.807) is 0 Å². The van der Waals surface area contributed by atoms with Crippen LogP contribution in [-0.2, 0) is 12.5 Å². The number of nitrogens with one attached hydrogen (secondary N) is 1. The van der Waals surface area contributed by atoms with Gasteiger partial charge in [0, 0.05) is 13.2 Å². The van der Waals surface area contributed by atoms with Crippen LogP contribution in [0.5, 0.6) is 0 Å². The van der Waals surface area contributed by atoms with Crippen LogP contribution in [-0.4, -0.2) is 16.8 Å². The molecule has 0 aliphatic rings. The van der Waals surface area contributed by atoms with Crippen molar-refractivity contribution in [1.82, 2.24) is 15.1 Å². The third-order valence-corrected chi connectivity index (χ3v) is 3.55. The second-order valence-corrected chi connectivity index (χ2v) is 5.97. The van der Waals surface area contributed by atoms with Gasteiger partial charge in [0.2, 0.25) is 0 Å². The van der Waals surface area contributed by atoms with Crippen molar-refractivity contribution in [1.29, 1.82) is 0 Å². The molecule has 1 N–H and O–H groups in total. The highest BCUT2D eigenvalue weighted by molar-refractivity contribution is 5.33. The molecule has 2 aromatic rings. The van der Waals surface area contributed by atoms with E-state index in [2.05, 4.69) is 61.5 Å². The average Bonchev–Trinajstić information content (AvgIpc) is 2.76. The molecule has 3 heteroatoms.